The molecule has 3 aliphatic rings. The van der Waals surface area contributed by atoms with Crippen molar-refractivity contribution in [3.8, 4) is 0 Å². The Morgan fingerprint density at radius 2 is 2.21 bits per heavy atom. The highest BCUT2D eigenvalue weighted by Crippen LogP contribution is 2.43. The van der Waals surface area contributed by atoms with Gasteiger partial charge in [-0.15, -0.1) is 0 Å². The first-order chi connectivity index (χ1) is 9.20. The third kappa shape index (κ3) is 2.29. The Balaban J connectivity index is 1.68. The van der Waals surface area contributed by atoms with Gasteiger partial charge in [-0.1, -0.05) is 20.3 Å². The molecule has 3 rings (SSSR count). The van der Waals surface area contributed by atoms with Crippen LogP contribution in [0.2, 0.25) is 0 Å². The fraction of sp³-hybridized carbons (Fsp3) is 0.933. The number of ether oxygens (including phenoxy) is 1. The van der Waals surface area contributed by atoms with E-state index in [1.165, 1.54) is 0 Å². The second-order valence-corrected chi connectivity index (χ2v) is 6.35. The Morgan fingerprint density at radius 3 is 2.84 bits per heavy atom. The van der Waals surface area contributed by atoms with Gasteiger partial charge in [0.1, 0.15) is 0 Å². The maximum Gasteiger partial charge on any atom is 0.244 e. The molecule has 1 amide bonds. The van der Waals surface area contributed by atoms with Gasteiger partial charge in [-0.05, 0) is 32.1 Å². The number of amides is 1. The van der Waals surface area contributed by atoms with Crippen LogP contribution in [-0.2, 0) is 9.53 Å². The Bertz CT molecular complexity index is 354. The zero-order chi connectivity index (χ0) is 13.5. The third-order valence-electron chi connectivity index (χ3n) is 4.98. The van der Waals surface area contributed by atoms with Gasteiger partial charge in [0.15, 0.2) is 0 Å². The molecule has 4 nitrogen and oxygen atoms in total. The Hall–Kier alpha value is -0.610. The number of nitrogens with zero attached hydrogens (tertiary/aromatic N) is 1. The number of carbonyl (C=O) groups is 1. The lowest BCUT2D eigenvalue weighted by molar-refractivity contribution is -0.131. The number of nitrogens with one attached hydrogen (secondary N) is 1. The molecule has 3 unspecified atom stereocenters. The zero-order valence-electron chi connectivity index (χ0n) is 12.2. The van der Waals surface area contributed by atoms with Gasteiger partial charge in [-0.25, -0.2) is 0 Å². The van der Waals surface area contributed by atoms with Crippen molar-refractivity contribution in [2.24, 2.45) is 5.92 Å². The van der Waals surface area contributed by atoms with Crippen LogP contribution in [0.3, 0.4) is 0 Å². The lowest BCUT2D eigenvalue weighted by Crippen LogP contribution is -2.41. The quantitative estimate of drug-likeness (QED) is 0.826. The summed E-state index contributed by atoms with van der Waals surface area (Å²) >= 11 is 0. The van der Waals surface area contributed by atoms with E-state index in [9.17, 15) is 4.79 Å². The summed E-state index contributed by atoms with van der Waals surface area (Å²) in [4.78, 5) is 14.7. The minimum Gasteiger partial charge on any atom is -0.378 e. The van der Waals surface area contributed by atoms with Gasteiger partial charge in [0.25, 0.3) is 0 Å². The van der Waals surface area contributed by atoms with Gasteiger partial charge in [-0.2, -0.15) is 0 Å². The molecule has 3 fully saturated rings. The van der Waals surface area contributed by atoms with Gasteiger partial charge in [0, 0.05) is 19.1 Å². The predicted octanol–water partition coefficient (Wildman–Crippen LogP) is 1.89. The predicted molar refractivity (Wildman–Crippen MR) is 73.6 cm³/mol. The summed E-state index contributed by atoms with van der Waals surface area (Å²) in [6, 6.07) is 0. The number of hydrogen-bond acceptors (Lipinski definition) is 3. The monoisotopic (exact) mass is 266 g/mol. The summed E-state index contributed by atoms with van der Waals surface area (Å²) in [6.07, 6.45) is 7.02. The second-order valence-electron chi connectivity index (χ2n) is 6.35. The first kappa shape index (κ1) is 13.4. The van der Waals surface area contributed by atoms with Crippen LogP contribution in [0, 0.1) is 5.92 Å². The fourth-order valence-electron chi connectivity index (χ4n) is 3.68. The highest BCUT2D eigenvalue weighted by molar-refractivity contribution is 5.91. The highest BCUT2D eigenvalue weighted by atomic mass is 16.5. The van der Waals surface area contributed by atoms with E-state index < -0.39 is 0 Å². The van der Waals surface area contributed by atoms with E-state index in [2.05, 4.69) is 24.1 Å². The van der Waals surface area contributed by atoms with E-state index in [1.807, 2.05) is 0 Å². The molecule has 1 N–H and O–H groups in total. The van der Waals surface area contributed by atoms with Gasteiger partial charge < -0.3 is 9.64 Å². The van der Waals surface area contributed by atoms with Gasteiger partial charge in [0.2, 0.25) is 5.91 Å². The second kappa shape index (κ2) is 5.06. The molecule has 0 bridgehead atoms. The van der Waals surface area contributed by atoms with Crippen molar-refractivity contribution in [2.45, 2.75) is 70.2 Å². The summed E-state index contributed by atoms with van der Waals surface area (Å²) in [6.45, 7) is 6.12. The molecule has 2 heterocycles. The van der Waals surface area contributed by atoms with Crippen molar-refractivity contribution in [2.75, 3.05) is 13.2 Å². The van der Waals surface area contributed by atoms with Crippen molar-refractivity contribution < 1.29 is 9.53 Å². The zero-order valence-corrected chi connectivity index (χ0v) is 12.2. The van der Waals surface area contributed by atoms with Gasteiger partial charge in [0.05, 0.1) is 17.8 Å². The van der Waals surface area contributed by atoms with Crippen molar-refractivity contribution in [1.29, 1.82) is 0 Å². The topological polar surface area (TPSA) is 41.6 Å². The summed E-state index contributed by atoms with van der Waals surface area (Å²) in [7, 11) is 0. The van der Waals surface area contributed by atoms with Crippen LogP contribution in [-0.4, -0.2) is 41.8 Å². The van der Waals surface area contributed by atoms with Crippen LogP contribution in [0.4, 0.5) is 0 Å². The molecule has 0 aromatic heterocycles. The van der Waals surface area contributed by atoms with E-state index in [0.717, 1.165) is 51.7 Å². The first-order valence-electron chi connectivity index (χ1n) is 7.90. The van der Waals surface area contributed by atoms with Crippen molar-refractivity contribution >= 4 is 5.91 Å². The lowest BCUT2D eigenvalue weighted by atomic mass is 9.98. The molecule has 0 radical (unpaired) electrons. The molecular formula is C15H26N2O2. The molecule has 1 saturated carbocycles. The lowest BCUT2D eigenvalue weighted by Gasteiger charge is -2.28. The molecule has 1 spiro atoms. The third-order valence-corrected chi connectivity index (χ3v) is 4.98. The van der Waals surface area contributed by atoms with E-state index in [4.69, 9.17) is 4.74 Å². The minimum absolute atomic E-state index is 0.166. The molecular weight excluding hydrogens is 240 g/mol. The number of rotatable bonds is 5. The van der Waals surface area contributed by atoms with E-state index in [1.54, 1.807) is 0 Å². The SMILES string of the molecule is CCCC1NC2(CC2)C(=O)N1CC1CCOC1CC. The van der Waals surface area contributed by atoms with Gasteiger partial charge in [-0.3, -0.25) is 10.1 Å². The normalized spacial score (nSPS) is 36.4. The Morgan fingerprint density at radius 1 is 1.42 bits per heavy atom. The van der Waals surface area contributed by atoms with Crippen LogP contribution in [0.15, 0.2) is 0 Å². The maximum absolute atomic E-state index is 12.6. The van der Waals surface area contributed by atoms with Crippen molar-refractivity contribution in [3.63, 3.8) is 0 Å². The summed E-state index contributed by atoms with van der Waals surface area (Å²) in [5, 5.41) is 3.58. The fourth-order valence-corrected chi connectivity index (χ4v) is 3.68. The molecule has 2 saturated heterocycles. The van der Waals surface area contributed by atoms with Crippen LogP contribution in [0.25, 0.3) is 0 Å². The summed E-state index contributed by atoms with van der Waals surface area (Å²) in [5.74, 6) is 0.886. The molecule has 0 aromatic carbocycles. The minimum atomic E-state index is -0.166. The summed E-state index contributed by atoms with van der Waals surface area (Å²) < 4.78 is 5.76. The molecule has 1 aliphatic carbocycles. The number of hydrogen-bond donors (Lipinski definition) is 1. The first-order valence-corrected chi connectivity index (χ1v) is 7.90. The average molecular weight is 266 g/mol. The molecule has 3 atom stereocenters. The standard InChI is InChI=1S/C15H26N2O2/c1-3-5-13-16-15(7-8-15)14(18)17(13)10-11-6-9-19-12(11)4-2/h11-13,16H,3-10H2,1-2H3. The smallest absolute Gasteiger partial charge is 0.244 e. The Kier molecular flexibility index (Phi) is 3.56. The molecule has 2 aliphatic heterocycles. The van der Waals surface area contributed by atoms with Crippen LogP contribution >= 0.6 is 0 Å². The van der Waals surface area contributed by atoms with E-state index in [-0.39, 0.29) is 11.7 Å². The van der Waals surface area contributed by atoms with E-state index in [0.29, 0.717) is 17.9 Å². The molecule has 4 heteroatoms. The van der Waals surface area contributed by atoms with Gasteiger partial charge >= 0.3 is 0 Å². The molecule has 19 heavy (non-hydrogen) atoms. The highest BCUT2D eigenvalue weighted by Gasteiger charge is 2.59. The maximum atomic E-state index is 12.6. The molecule has 108 valence electrons. The summed E-state index contributed by atoms with van der Waals surface area (Å²) in [5.41, 5.74) is -0.166. The van der Waals surface area contributed by atoms with Crippen LogP contribution in [0.1, 0.15) is 52.4 Å². The largest absolute Gasteiger partial charge is 0.378 e. The van der Waals surface area contributed by atoms with Crippen molar-refractivity contribution in [3.05, 3.63) is 0 Å². The van der Waals surface area contributed by atoms with E-state index >= 15 is 0 Å². The number of carbonyl (C=O) groups excluding carboxylic acids is 1. The van der Waals surface area contributed by atoms with Crippen molar-refractivity contribution in [1.82, 2.24) is 10.2 Å². The van der Waals surface area contributed by atoms with Crippen LogP contribution in [0.5, 0.6) is 0 Å². The molecule has 0 aromatic rings. The average Bonchev–Trinajstić information content (AvgIpc) is 2.97. The Labute approximate surface area is 115 Å². The van der Waals surface area contributed by atoms with Crippen LogP contribution < -0.4 is 5.32 Å².